The highest BCUT2D eigenvalue weighted by Gasteiger charge is 2.33. The molecule has 1 aromatic heterocycles. The second-order valence-corrected chi connectivity index (χ2v) is 8.31. The van der Waals surface area contributed by atoms with Crippen molar-refractivity contribution in [2.75, 3.05) is 24.6 Å². The molecule has 1 fully saturated rings. The molecule has 166 valence electrons. The number of benzene rings is 1. The molecule has 1 aliphatic heterocycles. The van der Waals surface area contributed by atoms with Crippen LogP contribution in [-0.4, -0.2) is 47.6 Å². The smallest absolute Gasteiger partial charge is 0.329 e. The molecular weight excluding hydrogens is 439 g/mol. The van der Waals surface area contributed by atoms with E-state index in [1.807, 2.05) is 11.0 Å². The van der Waals surface area contributed by atoms with Crippen LogP contribution in [0.15, 0.2) is 36.7 Å². The summed E-state index contributed by atoms with van der Waals surface area (Å²) in [4.78, 5) is 35.1. The summed E-state index contributed by atoms with van der Waals surface area (Å²) in [5, 5.41) is 4.00. The molecule has 2 atom stereocenters. The van der Waals surface area contributed by atoms with E-state index < -0.39 is 12.0 Å². The zero-order chi connectivity index (χ0) is 22.2. The highest BCUT2D eigenvalue weighted by atomic mass is 35.5. The third-order valence-corrected chi connectivity index (χ3v) is 5.83. The van der Waals surface area contributed by atoms with E-state index in [2.05, 4.69) is 22.2 Å². The van der Waals surface area contributed by atoms with Crippen LogP contribution in [0.2, 0.25) is 10.0 Å². The maximum absolute atomic E-state index is 12.5. The molecule has 1 aliphatic rings. The molecule has 2 aromatic rings. The number of aromatic nitrogens is 2. The largest absolute Gasteiger partial charge is 0.454 e. The fourth-order valence-corrected chi connectivity index (χ4v) is 4.32. The van der Waals surface area contributed by atoms with E-state index in [1.54, 1.807) is 30.6 Å². The van der Waals surface area contributed by atoms with Gasteiger partial charge in [0.2, 0.25) is 5.95 Å². The topological polar surface area (TPSA) is 84.4 Å². The standard InChI is InChI=1S/C22H26Cl2N4O3/c1-2-5-15(17-8-7-16(23)12-18(17)24)13-27-20(29)14-31-21(30)19-6-3-11-28(19)22-25-9-4-10-26-22/h4,7-10,12,15,19H,2-3,5-6,11,13-14H2,1H3,(H,27,29). The Kier molecular flexibility index (Phi) is 8.49. The van der Waals surface area contributed by atoms with Gasteiger partial charge < -0.3 is 15.0 Å². The highest BCUT2D eigenvalue weighted by Crippen LogP contribution is 2.30. The molecular formula is C22H26Cl2N4O3. The number of nitrogens with one attached hydrogen (secondary N) is 1. The Bertz CT molecular complexity index is 898. The Labute approximate surface area is 192 Å². The van der Waals surface area contributed by atoms with Gasteiger partial charge in [0.1, 0.15) is 6.04 Å². The first-order valence-electron chi connectivity index (χ1n) is 10.4. The number of esters is 1. The first-order chi connectivity index (χ1) is 15.0. The molecule has 1 amide bonds. The molecule has 0 radical (unpaired) electrons. The van der Waals surface area contributed by atoms with Crippen LogP contribution < -0.4 is 10.2 Å². The summed E-state index contributed by atoms with van der Waals surface area (Å²) in [6.45, 7) is 2.83. The molecule has 0 bridgehead atoms. The van der Waals surface area contributed by atoms with E-state index in [9.17, 15) is 9.59 Å². The van der Waals surface area contributed by atoms with Gasteiger partial charge in [0, 0.05) is 41.4 Å². The van der Waals surface area contributed by atoms with Gasteiger partial charge in [-0.15, -0.1) is 0 Å². The first kappa shape index (κ1) is 23.3. The normalized spacial score (nSPS) is 16.7. The second kappa shape index (κ2) is 11.3. The van der Waals surface area contributed by atoms with E-state index in [0.717, 1.165) is 24.8 Å². The number of hydrogen-bond donors (Lipinski definition) is 1. The van der Waals surface area contributed by atoms with Crippen molar-refractivity contribution in [2.45, 2.75) is 44.6 Å². The van der Waals surface area contributed by atoms with Gasteiger partial charge in [-0.3, -0.25) is 4.79 Å². The summed E-state index contributed by atoms with van der Waals surface area (Å²) < 4.78 is 5.29. The number of hydrogen-bond acceptors (Lipinski definition) is 6. The van der Waals surface area contributed by atoms with Gasteiger partial charge in [-0.2, -0.15) is 0 Å². The van der Waals surface area contributed by atoms with E-state index >= 15 is 0 Å². The number of carbonyl (C=O) groups is 2. The summed E-state index contributed by atoms with van der Waals surface area (Å²) in [5.74, 6) is -0.241. The van der Waals surface area contributed by atoms with Crippen LogP contribution in [0.3, 0.4) is 0 Å². The van der Waals surface area contributed by atoms with Crippen LogP contribution in [0.5, 0.6) is 0 Å². The maximum Gasteiger partial charge on any atom is 0.329 e. The molecule has 31 heavy (non-hydrogen) atoms. The van der Waals surface area contributed by atoms with Crippen LogP contribution in [-0.2, 0) is 14.3 Å². The van der Waals surface area contributed by atoms with Crippen molar-refractivity contribution >= 4 is 41.0 Å². The fraction of sp³-hybridized carbons (Fsp3) is 0.455. The van der Waals surface area contributed by atoms with E-state index in [0.29, 0.717) is 35.5 Å². The van der Waals surface area contributed by atoms with Gasteiger partial charge in [0.05, 0.1) is 0 Å². The lowest BCUT2D eigenvalue weighted by molar-refractivity contribution is -0.149. The van der Waals surface area contributed by atoms with Crippen LogP contribution in [0.25, 0.3) is 0 Å². The summed E-state index contributed by atoms with van der Waals surface area (Å²) in [5.41, 5.74) is 0.940. The van der Waals surface area contributed by atoms with Crippen molar-refractivity contribution in [1.82, 2.24) is 15.3 Å². The van der Waals surface area contributed by atoms with Crippen molar-refractivity contribution in [3.8, 4) is 0 Å². The Morgan fingerprint density at radius 2 is 2.06 bits per heavy atom. The number of carbonyl (C=O) groups excluding carboxylic acids is 2. The Balaban J connectivity index is 1.51. The highest BCUT2D eigenvalue weighted by molar-refractivity contribution is 6.35. The minimum absolute atomic E-state index is 0.0509. The van der Waals surface area contributed by atoms with Crippen LogP contribution in [0.1, 0.15) is 44.1 Å². The average Bonchev–Trinajstić information content (AvgIpc) is 3.26. The van der Waals surface area contributed by atoms with Gasteiger partial charge in [0.15, 0.2) is 6.61 Å². The molecule has 1 N–H and O–H groups in total. The summed E-state index contributed by atoms with van der Waals surface area (Å²) in [6.07, 6.45) is 6.55. The lowest BCUT2D eigenvalue weighted by Gasteiger charge is -2.23. The van der Waals surface area contributed by atoms with Gasteiger partial charge in [0.25, 0.3) is 5.91 Å². The lowest BCUT2D eigenvalue weighted by atomic mass is 9.94. The predicted molar refractivity (Wildman–Crippen MR) is 120 cm³/mol. The van der Waals surface area contributed by atoms with Crippen molar-refractivity contribution < 1.29 is 14.3 Å². The zero-order valence-electron chi connectivity index (χ0n) is 17.4. The van der Waals surface area contributed by atoms with E-state index in [1.165, 1.54) is 0 Å². The molecule has 0 spiro atoms. The summed E-state index contributed by atoms with van der Waals surface area (Å²) in [6, 6.07) is 6.63. The molecule has 1 aromatic carbocycles. The Morgan fingerprint density at radius 1 is 1.29 bits per heavy atom. The molecule has 1 saturated heterocycles. The quantitative estimate of drug-likeness (QED) is 0.564. The van der Waals surface area contributed by atoms with Crippen molar-refractivity contribution in [3.63, 3.8) is 0 Å². The molecule has 9 heteroatoms. The molecule has 2 unspecified atom stereocenters. The van der Waals surface area contributed by atoms with Crippen LogP contribution >= 0.6 is 23.2 Å². The molecule has 7 nitrogen and oxygen atoms in total. The van der Waals surface area contributed by atoms with E-state index in [-0.39, 0.29) is 18.4 Å². The third kappa shape index (κ3) is 6.31. The first-order valence-corrected chi connectivity index (χ1v) is 11.2. The summed E-state index contributed by atoms with van der Waals surface area (Å²) >= 11 is 12.3. The van der Waals surface area contributed by atoms with Gasteiger partial charge in [-0.25, -0.2) is 14.8 Å². The molecule has 0 aliphatic carbocycles. The Hall–Kier alpha value is -2.38. The van der Waals surface area contributed by atoms with Crippen molar-refractivity contribution in [2.24, 2.45) is 0 Å². The van der Waals surface area contributed by atoms with Gasteiger partial charge in [-0.05, 0) is 43.0 Å². The fourth-order valence-electron chi connectivity index (χ4n) is 3.76. The average molecular weight is 465 g/mol. The number of anilines is 1. The maximum atomic E-state index is 12.5. The second-order valence-electron chi connectivity index (χ2n) is 7.46. The minimum atomic E-state index is -0.476. The molecule has 3 rings (SSSR count). The Morgan fingerprint density at radius 3 is 2.77 bits per heavy atom. The summed E-state index contributed by atoms with van der Waals surface area (Å²) in [7, 11) is 0. The minimum Gasteiger partial charge on any atom is -0.454 e. The predicted octanol–water partition coefficient (Wildman–Crippen LogP) is 4.00. The number of nitrogens with zero attached hydrogens (tertiary/aromatic N) is 3. The number of amides is 1. The third-order valence-electron chi connectivity index (χ3n) is 5.26. The van der Waals surface area contributed by atoms with Crippen molar-refractivity contribution in [3.05, 3.63) is 52.3 Å². The lowest BCUT2D eigenvalue weighted by Crippen LogP contribution is -2.40. The van der Waals surface area contributed by atoms with Gasteiger partial charge in [-0.1, -0.05) is 42.6 Å². The number of ether oxygens (including phenoxy) is 1. The zero-order valence-corrected chi connectivity index (χ0v) is 18.9. The number of rotatable bonds is 9. The van der Waals surface area contributed by atoms with Crippen LogP contribution in [0, 0.1) is 0 Å². The SMILES string of the molecule is CCCC(CNC(=O)COC(=O)C1CCCN1c1ncccn1)c1ccc(Cl)cc1Cl. The monoisotopic (exact) mass is 464 g/mol. The number of halogens is 2. The molecule has 2 heterocycles. The molecule has 0 saturated carbocycles. The van der Waals surface area contributed by atoms with Crippen molar-refractivity contribution in [1.29, 1.82) is 0 Å². The van der Waals surface area contributed by atoms with Gasteiger partial charge >= 0.3 is 5.97 Å². The van der Waals surface area contributed by atoms with Crippen LogP contribution in [0.4, 0.5) is 5.95 Å². The van der Waals surface area contributed by atoms with E-state index in [4.69, 9.17) is 27.9 Å².